The van der Waals surface area contributed by atoms with Crippen LogP contribution in [0.4, 0.5) is 5.69 Å². The molecule has 0 aliphatic carbocycles. The highest BCUT2D eigenvalue weighted by atomic mass is 32.2. The maximum absolute atomic E-state index is 12.4. The fourth-order valence-electron chi connectivity index (χ4n) is 2.62. The molecule has 0 aliphatic heterocycles. The fourth-order valence-corrected chi connectivity index (χ4v) is 4.69. The van der Waals surface area contributed by atoms with Crippen molar-refractivity contribution < 1.29 is 14.3 Å². The summed E-state index contributed by atoms with van der Waals surface area (Å²) in [4.78, 5) is 35.4. The van der Waals surface area contributed by atoms with Gasteiger partial charge in [0.25, 0.3) is 0 Å². The Morgan fingerprint density at radius 2 is 1.93 bits per heavy atom. The summed E-state index contributed by atoms with van der Waals surface area (Å²) >= 11 is 3.00. The lowest BCUT2D eigenvalue weighted by Crippen LogP contribution is -2.17. The Morgan fingerprint density at radius 1 is 1.19 bits per heavy atom. The first-order valence-electron chi connectivity index (χ1n) is 8.25. The number of carbonyl (C=O) groups excluding carboxylic acids is 2. The number of methoxy groups -OCH3 is 1. The Bertz CT molecular complexity index is 1030. The molecule has 0 saturated heterocycles. The molecule has 0 radical (unpaired) electrons. The lowest BCUT2D eigenvalue weighted by atomic mass is 10.2. The van der Waals surface area contributed by atoms with Gasteiger partial charge in [-0.1, -0.05) is 23.9 Å². The molecule has 0 unspecified atom stereocenters. The summed E-state index contributed by atoms with van der Waals surface area (Å²) < 4.78 is 4.75. The minimum Gasteiger partial charge on any atom is -0.465 e. The number of thiophene rings is 1. The summed E-state index contributed by atoms with van der Waals surface area (Å²) in [6, 6.07) is 6.76. The number of aryl methyl sites for hydroxylation is 3. The highest BCUT2D eigenvalue weighted by Gasteiger charge is 2.17. The van der Waals surface area contributed by atoms with Gasteiger partial charge >= 0.3 is 5.97 Å². The van der Waals surface area contributed by atoms with Gasteiger partial charge in [-0.15, -0.1) is 11.3 Å². The topological polar surface area (TPSA) is 81.2 Å². The molecule has 0 spiro atoms. The number of benzene rings is 1. The molecule has 1 N–H and O–H groups in total. The van der Waals surface area contributed by atoms with Crippen LogP contribution in [0.1, 0.15) is 26.6 Å². The van der Waals surface area contributed by atoms with E-state index in [4.69, 9.17) is 4.74 Å². The third kappa shape index (κ3) is 4.12. The lowest BCUT2D eigenvalue weighted by molar-refractivity contribution is -0.113. The zero-order valence-corrected chi connectivity index (χ0v) is 17.1. The number of anilines is 1. The number of nitrogens with one attached hydrogen (secondary N) is 1. The summed E-state index contributed by atoms with van der Waals surface area (Å²) in [5, 5.41) is 4.59. The van der Waals surface area contributed by atoms with Crippen molar-refractivity contribution in [1.29, 1.82) is 0 Å². The van der Waals surface area contributed by atoms with Gasteiger partial charge in [0.2, 0.25) is 5.91 Å². The van der Waals surface area contributed by atoms with Crippen molar-refractivity contribution in [2.75, 3.05) is 18.2 Å². The third-order valence-corrected chi connectivity index (χ3v) is 6.13. The maximum Gasteiger partial charge on any atom is 0.339 e. The number of thioether (sulfide) groups is 1. The SMILES string of the molecule is COC(=O)c1ccccc1NC(=O)CSc1nc(C)nc2sc(C)c(C)c12. The fraction of sp³-hybridized carbons (Fsp3) is 0.263. The van der Waals surface area contributed by atoms with Crippen LogP contribution in [0.5, 0.6) is 0 Å². The lowest BCUT2D eigenvalue weighted by Gasteiger charge is -2.10. The number of rotatable bonds is 5. The van der Waals surface area contributed by atoms with E-state index in [0.717, 1.165) is 20.8 Å². The highest BCUT2D eigenvalue weighted by molar-refractivity contribution is 8.00. The second-order valence-electron chi connectivity index (χ2n) is 5.91. The molecule has 3 aromatic rings. The average Bonchev–Trinajstić information content (AvgIpc) is 2.93. The van der Waals surface area contributed by atoms with E-state index in [0.29, 0.717) is 17.1 Å². The Balaban J connectivity index is 1.78. The predicted octanol–water partition coefficient (Wildman–Crippen LogP) is 4.13. The van der Waals surface area contributed by atoms with Crippen LogP contribution in [0.3, 0.4) is 0 Å². The molecule has 0 atom stereocenters. The minimum absolute atomic E-state index is 0.176. The van der Waals surface area contributed by atoms with Gasteiger partial charge in [0.15, 0.2) is 0 Å². The van der Waals surface area contributed by atoms with Crippen molar-refractivity contribution in [3.63, 3.8) is 0 Å². The second-order valence-corrected chi connectivity index (χ2v) is 8.08. The van der Waals surface area contributed by atoms with Crippen LogP contribution in [0.15, 0.2) is 29.3 Å². The van der Waals surface area contributed by atoms with Crippen molar-refractivity contribution in [2.45, 2.75) is 25.8 Å². The molecule has 6 nitrogen and oxygen atoms in total. The Labute approximate surface area is 165 Å². The van der Waals surface area contributed by atoms with Crippen molar-refractivity contribution in [3.8, 4) is 0 Å². The zero-order chi connectivity index (χ0) is 19.6. The molecule has 0 bridgehead atoms. The van der Waals surface area contributed by atoms with E-state index in [2.05, 4.69) is 22.2 Å². The number of ether oxygens (including phenoxy) is 1. The third-order valence-electron chi connectivity index (χ3n) is 4.05. The number of nitrogens with zero attached hydrogens (tertiary/aromatic N) is 2. The zero-order valence-electron chi connectivity index (χ0n) is 15.5. The van der Waals surface area contributed by atoms with Crippen LogP contribution in [-0.2, 0) is 9.53 Å². The summed E-state index contributed by atoms with van der Waals surface area (Å²) in [5.74, 6) is 0.152. The van der Waals surface area contributed by atoms with E-state index >= 15 is 0 Å². The molecule has 1 aromatic carbocycles. The van der Waals surface area contributed by atoms with Gasteiger partial charge in [0.05, 0.1) is 24.1 Å². The van der Waals surface area contributed by atoms with Gasteiger partial charge in [-0.3, -0.25) is 4.79 Å². The highest BCUT2D eigenvalue weighted by Crippen LogP contribution is 2.35. The van der Waals surface area contributed by atoms with Crippen LogP contribution >= 0.6 is 23.1 Å². The van der Waals surface area contributed by atoms with E-state index in [-0.39, 0.29) is 11.7 Å². The van der Waals surface area contributed by atoms with Gasteiger partial charge in [0, 0.05) is 10.3 Å². The van der Waals surface area contributed by atoms with Gasteiger partial charge < -0.3 is 10.1 Å². The van der Waals surface area contributed by atoms with Gasteiger partial charge in [0.1, 0.15) is 15.7 Å². The monoisotopic (exact) mass is 401 g/mol. The first kappa shape index (κ1) is 19.3. The largest absolute Gasteiger partial charge is 0.465 e. The molecular weight excluding hydrogens is 382 g/mol. The Morgan fingerprint density at radius 3 is 2.67 bits per heavy atom. The summed E-state index contributed by atoms with van der Waals surface area (Å²) in [6.45, 7) is 5.95. The average molecular weight is 402 g/mol. The van der Waals surface area contributed by atoms with Crippen LogP contribution < -0.4 is 5.32 Å². The van der Waals surface area contributed by atoms with Crippen LogP contribution in [0.25, 0.3) is 10.2 Å². The van der Waals surface area contributed by atoms with E-state index < -0.39 is 5.97 Å². The number of amides is 1. The van der Waals surface area contributed by atoms with Gasteiger partial charge in [-0.2, -0.15) is 0 Å². The van der Waals surface area contributed by atoms with Crippen molar-refractivity contribution >= 4 is 50.9 Å². The molecule has 2 heterocycles. The molecular formula is C19H19N3O3S2. The number of hydrogen-bond acceptors (Lipinski definition) is 7. The summed E-state index contributed by atoms with van der Waals surface area (Å²) in [5.41, 5.74) is 1.90. The number of fused-ring (bicyclic) bond motifs is 1. The van der Waals surface area contributed by atoms with Crippen LogP contribution in [0.2, 0.25) is 0 Å². The van der Waals surface area contributed by atoms with Crippen LogP contribution in [-0.4, -0.2) is 34.7 Å². The molecule has 27 heavy (non-hydrogen) atoms. The first-order valence-corrected chi connectivity index (χ1v) is 10.0. The van der Waals surface area contributed by atoms with Crippen molar-refractivity contribution in [1.82, 2.24) is 9.97 Å². The number of para-hydroxylation sites is 1. The van der Waals surface area contributed by atoms with Crippen LogP contribution in [0, 0.1) is 20.8 Å². The predicted molar refractivity (Wildman–Crippen MR) is 109 cm³/mol. The quantitative estimate of drug-likeness (QED) is 0.393. The number of hydrogen-bond donors (Lipinski definition) is 1. The van der Waals surface area contributed by atoms with Gasteiger partial charge in [-0.05, 0) is 38.5 Å². The molecule has 0 saturated carbocycles. The van der Waals surface area contributed by atoms with E-state index in [9.17, 15) is 9.59 Å². The van der Waals surface area contributed by atoms with Gasteiger partial charge in [-0.25, -0.2) is 14.8 Å². The minimum atomic E-state index is -0.490. The van der Waals surface area contributed by atoms with Crippen molar-refractivity contribution in [2.24, 2.45) is 0 Å². The molecule has 0 fully saturated rings. The number of aromatic nitrogens is 2. The maximum atomic E-state index is 12.4. The van der Waals surface area contributed by atoms with Crippen molar-refractivity contribution in [3.05, 3.63) is 46.1 Å². The molecule has 140 valence electrons. The van der Waals surface area contributed by atoms with E-state index in [1.165, 1.54) is 23.7 Å². The summed E-state index contributed by atoms with van der Waals surface area (Å²) in [7, 11) is 1.31. The molecule has 1 amide bonds. The smallest absolute Gasteiger partial charge is 0.339 e. The molecule has 8 heteroatoms. The van der Waals surface area contributed by atoms with E-state index in [1.807, 2.05) is 13.8 Å². The first-order chi connectivity index (χ1) is 12.9. The normalized spacial score (nSPS) is 10.8. The summed E-state index contributed by atoms with van der Waals surface area (Å²) in [6.07, 6.45) is 0. The number of carbonyl (C=O) groups is 2. The Hall–Kier alpha value is -2.45. The molecule has 2 aromatic heterocycles. The van der Waals surface area contributed by atoms with E-state index in [1.54, 1.807) is 35.6 Å². The number of esters is 1. The second kappa shape index (κ2) is 8.06. The molecule has 0 aliphatic rings. The standard InChI is InChI=1S/C19H19N3O3S2/c1-10-11(2)27-18-16(10)17(20-12(3)21-18)26-9-15(23)22-14-8-6-5-7-13(14)19(24)25-4/h5-8H,9H2,1-4H3,(H,22,23). The Kier molecular flexibility index (Phi) is 5.76. The molecule has 3 rings (SSSR count).